The molecular weight excluding hydrogens is 235 g/mol. The van der Waals surface area contributed by atoms with E-state index in [0.717, 1.165) is 25.3 Å². The highest BCUT2D eigenvalue weighted by Crippen LogP contribution is 2.30. The van der Waals surface area contributed by atoms with E-state index in [2.05, 4.69) is 6.92 Å². The molecule has 0 aromatic heterocycles. The Hall–Kier alpha value is -1.58. The number of carbonyl (C=O) groups is 1. The first-order chi connectivity index (χ1) is 8.58. The molecule has 0 amide bonds. The minimum absolute atomic E-state index is 0.0299. The predicted octanol–water partition coefficient (Wildman–Crippen LogP) is 3.48. The van der Waals surface area contributed by atoms with Crippen molar-refractivity contribution in [3.05, 3.63) is 29.6 Å². The molecule has 4 heteroatoms. The average molecular weight is 252 g/mol. The molecule has 1 N–H and O–H groups in total. The van der Waals surface area contributed by atoms with Gasteiger partial charge in [-0.15, -0.1) is 0 Å². The van der Waals surface area contributed by atoms with Gasteiger partial charge in [-0.1, -0.05) is 13.3 Å². The van der Waals surface area contributed by atoms with Crippen molar-refractivity contribution in [1.82, 2.24) is 0 Å². The number of carboxylic acids is 1. The van der Waals surface area contributed by atoms with Crippen LogP contribution in [0.4, 0.5) is 4.39 Å². The maximum Gasteiger partial charge on any atom is 0.339 e. The van der Waals surface area contributed by atoms with Crippen LogP contribution in [0.5, 0.6) is 5.75 Å². The zero-order chi connectivity index (χ0) is 13.1. The number of halogens is 1. The lowest BCUT2D eigenvalue weighted by molar-refractivity contribution is 0.0672. The van der Waals surface area contributed by atoms with Crippen LogP contribution < -0.4 is 4.74 Å². The molecule has 2 rings (SSSR count). The first kappa shape index (κ1) is 12.9. The molecule has 3 nitrogen and oxygen atoms in total. The molecule has 0 bridgehead atoms. The molecule has 1 aliphatic rings. The van der Waals surface area contributed by atoms with E-state index in [1.165, 1.54) is 18.6 Å². The summed E-state index contributed by atoms with van der Waals surface area (Å²) in [5.41, 5.74) is -0.104. The lowest BCUT2D eigenvalue weighted by Gasteiger charge is -2.29. The van der Waals surface area contributed by atoms with Gasteiger partial charge in [0.25, 0.3) is 0 Å². The third-order valence-corrected chi connectivity index (χ3v) is 3.48. The van der Waals surface area contributed by atoms with Gasteiger partial charge in [0.1, 0.15) is 23.2 Å². The number of carboxylic acid groups (broad SMARTS) is 1. The Balaban J connectivity index is 2.20. The molecule has 2 atom stereocenters. The molecule has 1 aliphatic carbocycles. The van der Waals surface area contributed by atoms with Crippen molar-refractivity contribution in [2.75, 3.05) is 0 Å². The normalized spacial score (nSPS) is 23.7. The van der Waals surface area contributed by atoms with Crippen LogP contribution in [0.15, 0.2) is 18.2 Å². The van der Waals surface area contributed by atoms with Gasteiger partial charge in [-0.25, -0.2) is 9.18 Å². The number of hydrogen-bond acceptors (Lipinski definition) is 2. The third-order valence-electron chi connectivity index (χ3n) is 3.48. The van der Waals surface area contributed by atoms with Crippen molar-refractivity contribution in [2.45, 2.75) is 38.7 Å². The Morgan fingerprint density at radius 2 is 2.11 bits per heavy atom. The second-order valence-electron chi connectivity index (χ2n) is 4.86. The van der Waals surface area contributed by atoms with E-state index in [9.17, 15) is 9.18 Å². The van der Waals surface area contributed by atoms with E-state index in [1.54, 1.807) is 0 Å². The van der Waals surface area contributed by atoms with Crippen molar-refractivity contribution < 1.29 is 19.0 Å². The van der Waals surface area contributed by atoms with Crippen LogP contribution in [0.3, 0.4) is 0 Å². The van der Waals surface area contributed by atoms with Crippen molar-refractivity contribution >= 4 is 5.97 Å². The van der Waals surface area contributed by atoms with Crippen LogP contribution in [0.25, 0.3) is 0 Å². The molecule has 1 aromatic carbocycles. The van der Waals surface area contributed by atoms with Crippen molar-refractivity contribution in [2.24, 2.45) is 5.92 Å². The lowest BCUT2D eigenvalue weighted by atomic mass is 9.88. The van der Waals surface area contributed by atoms with Gasteiger partial charge < -0.3 is 9.84 Å². The molecule has 98 valence electrons. The summed E-state index contributed by atoms with van der Waals surface area (Å²) in [6, 6.07) is 3.64. The average Bonchev–Trinajstić information content (AvgIpc) is 2.34. The first-order valence-corrected chi connectivity index (χ1v) is 6.27. The summed E-state index contributed by atoms with van der Waals surface area (Å²) < 4.78 is 18.8. The lowest BCUT2D eigenvalue weighted by Crippen LogP contribution is -2.28. The van der Waals surface area contributed by atoms with Crippen LogP contribution in [0, 0.1) is 11.7 Å². The first-order valence-electron chi connectivity index (χ1n) is 6.27. The van der Waals surface area contributed by atoms with Crippen molar-refractivity contribution in [3.63, 3.8) is 0 Å². The Bertz CT molecular complexity index is 445. The van der Waals surface area contributed by atoms with Gasteiger partial charge in [0.15, 0.2) is 0 Å². The number of benzene rings is 1. The Labute approximate surface area is 106 Å². The van der Waals surface area contributed by atoms with Crippen LogP contribution >= 0.6 is 0 Å². The summed E-state index contributed by atoms with van der Waals surface area (Å²) in [4.78, 5) is 11.1. The Kier molecular flexibility index (Phi) is 3.84. The van der Waals surface area contributed by atoms with Crippen LogP contribution in [0.2, 0.25) is 0 Å². The summed E-state index contributed by atoms with van der Waals surface area (Å²) in [5, 5.41) is 9.04. The van der Waals surface area contributed by atoms with Gasteiger partial charge in [-0.05, 0) is 43.4 Å². The zero-order valence-corrected chi connectivity index (χ0v) is 10.4. The second-order valence-corrected chi connectivity index (χ2v) is 4.86. The molecule has 0 spiro atoms. The molecule has 1 saturated carbocycles. The highest BCUT2D eigenvalue weighted by molar-refractivity contribution is 5.90. The van der Waals surface area contributed by atoms with Crippen LogP contribution in [-0.4, -0.2) is 17.2 Å². The van der Waals surface area contributed by atoms with E-state index in [0.29, 0.717) is 5.92 Å². The minimum atomic E-state index is -1.16. The Morgan fingerprint density at radius 3 is 2.78 bits per heavy atom. The molecule has 1 aromatic rings. The number of hydrogen-bond donors (Lipinski definition) is 1. The smallest absolute Gasteiger partial charge is 0.339 e. The topological polar surface area (TPSA) is 46.5 Å². The molecule has 2 unspecified atom stereocenters. The second kappa shape index (κ2) is 5.38. The van der Waals surface area contributed by atoms with E-state index < -0.39 is 11.8 Å². The predicted molar refractivity (Wildman–Crippen MR) is 65.4 cm³/mol. The molecule has 0 heterocycles. The number of aromatic carboxylic acids is 1. The summed E-state index contributed by atoms with van der Waals surface area (Å²) in [6.07, 6.45) is 4.34. The van der Waals surface area contributed by atoms with Gasteiger partial charge in [0, 0.05) is 0 Å². The fourth-order valence-electron chi connectivity index (χ4n) is 2.39. The Morgan fingerprint density at radius 1 is 1.39 bits per heavy atom. The minimum Gasteiger partial charge on any atom is -0.489 e. The van der Waals surface area contributed by atoms with Gasteiger partial charge in [-0.3, -0.25) is 0 Å². The maximum absolute atomic E-state index is 13.0. The summed E-state index contributed by atoms with van der Waals surface area (Å²) >= 11 is 0. The van der Waals surface area contributed by atoms with Crippen LogP contribution in [0.1, 0.15) is 43.0 Å². The molecule has 0 radical (unpaired) electrons. The van der Waals surface area contributed by atoms with Crippen molar-refractivity contribution in [3.8, 4) is 5.75 Å². The summed E-state index contributed by atoms with van der Waals surface area (Å²) in [7, 11) is 0. The molecular formula is C14H17FO3. The number of ether oxygens (including phenoxy) is 1. The third kappa shape index (κ3) is 2.81. The highest BCUT2D eigenvalue weighted by atomic mass is 19.1. The quantitative estimate of drug-likeness (QED) is 0.895. The molecule has 0 saturated heterocycles. The van der Waals surface area contributed by atoms with E-state index in [-0.39, 0.29) is 17.4 Å². The summed E-state index contributed by atoms with van der Waals surface area (Å²) in [6.45, 7) is 2.10. The van der Waals surface area contributed by atoms with E-state index in [1.807, 2.05) is 0 Å². The fraction of sp³-hybridized carbons (Fsp3) is 0.500. The van der Waals surface area contributed by atoms with Crippen molar-refractivity contribution in [1.29, 1.82) is 0 Å². The monoisotopic (exact) mass is 252 g/mol. The van der Waals surface area contributed by atoms with Gasteiger partial charge in [0.05, 0.1) is 0 Å². The zero-order valence-electron chi connectivity index (χ0n) is 10.4. The van der Waals surface area contributed by atoms with Gasteiger partial charge in [-0.2, -0.15) is 0 Å². The SMILES string of the molecule is CC1CCCCC1Oc1ccc(F)cc1C(=O)O. The largest absolute Gasteiger partial charge is 0.489 e. The van der Waals surface area contributed by atoms with Gasteiger partial charge >= 0.3 is 5.97 Å². The standard InChI is InChI=1S/C14H17FO3/c1-9-4-2-3-5-12(9)18-13-7-6-10(15)8-11(13)14(16)17/h6-9,12H,2-5H2,1H3,(H,16,17). The summed E-state index contributed by atoms with van der Waals surface area (Å²) in [5.74, 6) is -1.04. The number of rotatable bonds is 3. The van der Waals surface area contributed by atoms with E-state index in [4.69, 9.17) is 9.84 Å². The van der Waals surface area contributed by atoms with Crippen LogP contribution in [-0.2, 0) is 0 Å². The van der Waals surface area contributed by atoms with E-state index >= 15 is 0 Å². The maximum atomic E-state index is 13.0. The molecule has 0 aliphatic heterocycles. The molecule has 18 heavy (non-hydrogen) atoms. The highest BCUT2D eigenvalue weighted by Gasteiger charge is 2.24. The van der Waals surface area contributed by atoms with Gasteiger partial charge in [0.2, 0.25) is 0 Å². The fourth-order valence-corrected chi connectivity index (χ4v) is 2.39. The molecule has 1 fully saturated rings.